The molecule has 1 heterocycles. The minimum atomic E-state index is -2.49. The van der Waals surface area contributed by atoms with Gasteiger partial charge in [-0.25, -0.2) is 13.8 Å². The number of anilines is 1. The van der Waals surface area contributed by atoms with Crippen LogP contribution in [0.25, 0.3) is 0 Å². The average Bonchev–Trinajstić information content (AvgIpc) is 2.28. The molecule has 1 rings (SSSR count). The van der Waals surface area contributed by atoms with Crippen LogP contribution < -0.4 is 4.90 Å². The molecular weight excluding hydrogens is 218 g/mol. The predicted molar refractivity (Wildman–Crippen MR) is 55.5 cm³/mol. The van der Waals surface area contributed by atoms with Crippen molar-refractivity contribution in [2.45, 2.75) is 13.0 Å². The van der Waals surface area contributed by atoms with E-state index in [1.54, 1.807) is 6.07 Å². The van der Waals surface area contributed by atoms with Crippen molar-refractivity contribution in [3.8, 4) is 0 Å². The van der Waals surface area contributed by atoms with Gasteiger partial charge < -0.3 is 15.1 Å². The van der Waals surface area contributed by atoms with E-state index in [1.807, 2.05) is 0 Å². The Morgan fingerprint density at radius 3 is 2.69 bits per heavy atom. The van der Waals surface area contributed by atoms with Crippen molar-refractivity contribution in [2.75, 3.05) is 24.6 Å². The van der Waals surface area contributed by atoms with Gasteiger partial charge in [0.05, 0.1) is 19.8 Å². The first kappa shape index (κ1) is 12.8. The zero-order valence-corrected chi connectivity index (χ0v) is 8.68. The van der Waals surface area contributed by atoms with E-state index in [1.165, 1.54) is 17.2 Å². The summed E-state index contributed by atoms with van der Waals surface area (Å²) >= 11 is 0. The molecule has 0 atom stereocenters. The Morgan fingerprint density at radius 1 is 1.38 bits per heavy atom. The van der Waals surface area contributed by atoms with Crippen molar-refractivity contribution in [3.63, 3.8) is 0 Å². The maximum absolute atomic E-state index is 12.3. The molecule has 0 aromatic carbocycles. The number of nitrogens with zero attached hydrogens (tertiary/aromatic N) is 2. The zero-order valence-electron chi connectivity index (χ0n) is 8.68. The first-order valence-electron chi connectivity index (χ1n) is 4.87. The van der Waals surface area contributed by atoms with Crippen LogP contribution in [-0.2, 0) is 6.61 Å². The molecule has 1 aromatic heterocycles. The van der Waals surface area contributed by atoms with E-state index in [0.717, 1.165) is 0 Å². The smallest absolute Gasteiger partial charge is 0.255 e. The van der Waals surface area contributed by atoms with Gasteiger partial charge in [-0.2, -0.15) is 0 Å². The summed E-state index contributed by atoms with van der Waals surface area (Å²) in [5.74, 6) is 0.334. The fraction of sp³-hybridized carbons (Fsp3) is 0.500. The Morgan fingerprint density at radius 2 is 2.12 bits per heavy atom. The molecule has 16 heavy (non-hydrogen) atoms. The maximum atomic E-state index is 12.3. The SMILES string of the molecule is OCCN(CC(F)F)c1cc(CO)ccn1. The third-order valence-electron chi connectivity index (χ3n) is 2.04. The molecule has 0 unspecified atom stereocenters. The van der Waals surface area contributed by atoms with Gasteiger partial charge >= 0.3 is 0 Å². The summed E-state index contributed by atoms with van der Waals surface area (Å²) in [5, 5.41) is 17.7. The van der Waals surface area contributed by atoms with Gasteiger partial charge in [-0.1, -0.05) is 0 Å². The molecule has 0 fully saturated rings. The third kappa shape index (κ3) is 3.71. The summed E-state index contributed by atoms with van der Waals surface area (Å²) < 4.78 is 24.6. The van der Waals surface area contributed by atoms with Gasteiger partial charge in [0.2, 0.25) is 0 Å². The molecule has 0 aliphatic carbocycles. The second-order valence-corrected chi connectivity index (χ2v) is 3.24. The van der Waals surface area contributed by atoms with E-state index in [2.05, 4.69) is 4.98 Å². The number of hydrogen-bond donors (Lipinski definition) is 2. The number of pyridine rings is 1. The second kappa shape index (κ2) is 6.34. The fourth-order valence-corrected chi connectivity index (χ4v) is 1.32. The summed E-state index contributed by atoms with van der Waals surface area (Å²) in [5.41, 5.74) is 0.599. The van der Waals surface area contributed by atoms with E-state index in [-0.39, 0.29) is 19.8 Å². The van der Waals surface area contributed by atoms with Crippen molar-refractivity contribution in [3.05, 3.63) is 23.9 Å². The molecule has 1 aromatic rings. The number of rotatable bonds is 6. The standard InChI is InChI=1S/C10H14F2N2O2/c11-9(12)6-14(3-4-15)10-5-8(7-16)1-2-13-10/h1-2,5,9,15-16H,3-4,6-7H2. The minimum absolute atomic E-state index is 0.0895. The third-order valence-corrected chi connectivity index (χ3v) is 2.04. The van der Waals surface area contributed by atoms with Crippen molar-refractivity contribution < 1.29 is 19.0 Å². The maximum Gasteiger partial charge on any atom is 0.255 e. The number of halogens is 2. The minimum Gasteiger partial charge on any atom is -0.395 e. The fourth-order valence-electron chi connectivity index (χ4n) is 1.32. The molecule has 4 nitrogen and oxygen atoms in total. The van der Waals surface area contributed by atoms with E-state index in [9.17, 15) is 8.78 Å². The van der Waals surface area contributed by atoms with Gasteiger partial charge in [0.25, 0.3) is 6.43 Å². The molecule has 90 valence electrons. The van der Waals surface area contributed by atoms with E-state index in [4.69, 9.17) is 10.2 Å². The lowest BCUT2D eigenvalue weighted by atomic mass is 10.2. The summed E-state index contributed by atoms with van der Waals surface area (Å²) in [6.45, 7) is -0.788. The van der Waals surface area contributed by atoms with Crippen LogP contribution in [0.5, 0.6) is 0 Å². The topological polar surface area (TPSA) is 56.6 Å². The average molecular weight is 232 g/mol. The summed E-state index contributed by atoms with van der Waals surface area (Å²) in [6, 6.07) is 3.13. The van der Waals surface area contributed by atoms with E-state index >= 15 is 0 Å². The Balaban J connectivity index is 2.82. The van der Waals surface area contributed by atoms with Crippen LogP contribution in [0, 0.1) is 0 Å². The number of aliphatic hydroxyl groups is 2. The van der Waals surface area contributed by atoms with Crippen LogP contribution in [0.4, 0.5) is 14.6 Å². The van der Waals surface area contributed by atoms with Gasteiger partial charge in [0.15, 0.2) is 0 Å². The molecule has 6 heteroatoms. The van der Waals surface area contributed by atoms with Crippen LogP contribution in [0.2, 0.25) is 0 Å². The quantitative estimate of drug-likeness (QED) is 0.755. The predicted octanol–water partition coefficient (Wildman–Crippen LogP) is 0.638. The normalized spacial score (nSPS) is 10.8. The van der Waals surface area contributed by atoms with Crippen molar-refractivity contribution in [1.29, 1.82) is 0 Å². The van der Waals surface area contributed by atoms with Crippen molar-refractivity contribution >= 4 is 5.82 Å². The van der Waals surface area contributed by atoms with Crippen LogP contribution in [0.15, 0.2) is 18.3 Å². The van der Waals surface area contributed by atoms with Gasteiger partial charge in [-0.05, 0) is 17.7 Å². The Hall–Kier alpha value is -1.27. The van der Waals surface area contributed by atoms with Gasteiger partial charge in [-0.3, -0.25) is 0 Å². The molecular formula is C10H14F2N2O2. The Labute approximate surface area is 92.2 Å². The number of alkyl halides is 2. The molecule has 0 aliphatic rings. The largest absolute Gasteiger partial charge is 0.395 e. The number of aliphatic hydroxyl groups excluding tert-OH is 2. The lowest BCUT2D eigenvalue weighted by Crippen LogP contribution is -2.32. The van der Waals surface area contributed by atoms with Crippen LogP contribution >= 0.6 is 0 Å². The first-order chi connectivity index (χ1) is 7.67. The molecule has 0 saturated carbocycles. The summed E-state index contributed by atoms with van der Waals surface area (Å²) in [4.78, 5) is 5.21. The lowest BCUT2D eigenvalue weighted by molar-refractivity contribution is 0.152. The molecule has 0 amide bonds. The molecule has 0 saturated heterocycles. The van der Waals surface area contributed by atoms with Gasteiger partial charge in [0.1, 0.15) is 5.82 Å². The lowest BCUT2D eigenvalue weighted by Gasteiger charge is -2.22. The van der Waals surface area contributed by atoms with E-state index < -0.39 is 13.0 Å². The highest BCUT2D eigenvalue weighted by molar-refractivity contribution is 5.40. The molecule has 0 radical (unpaired) electrons. The first-order valence-corrected chi connectivity index (χ1v) is 4.87. The Bertz CT molecular complexity index is 323. The van der Waals surface area contributed by atoms with Gasteiger partial charge in [0, 0.05) is 12.7 Å². The highest BCUT2D eigenvalue weighted by Crippen LogP contribution is 2.14. The molecule has 0 bridgehead atoms. The summed E-state index contributed by atoms with van der Waals surface area (Å²) in [6.07, 6.45) is -1.05. The van der Waals surface area contributed by atoms with Gasteiger partial charge in [-0.15, -0.1) is 0 Å². The molecule has 0 aliphatic heterocycles. The number of hydrogen-bond acceptors (Lipinski definition) is 4. The highest BCUT2D eigenvalue weighted by Gasteiger charge is 2.13. The Kier molecular flexibility index (Phi) is 5.07. The molecule has 2 N–H and O–H groups in total. The number of aromatic nitrogens is 1. The highest BCUT2D eigenvalue weighted by atomic mass is 19.3. The van der Waals surface area contributed by atoms with E-state index in [0.29, 0.717) is 11.4 Å². The summed E-state index contributed by atoms with van der Waals surface area (Å²) in [7, 11) is 0. The van der Waals surface area contributed by atoms with Crippen LogP contribution in [0.1, 0.15) is 5.56 Å². The van der Waals surface area contributed by atoms with Crippen LogP contribution in [0.3, 0.4) is 0 Å². The monoisotopic (exact) mass is 232 g/mol. The second-order valence-electron chi connectivity index (χ2n) is 3.24. The molecule has 0 spiro atoms. The van der Waals surface area contributed by atoms with Crippen LogP contribution in [-0.4, -0.2) is 41.3 Å². The van der Waals surface area contributed by atoms with Crippen molar-refractivity contribution in [2.24, 2.45) is 0 Å². The zero-order chi connectivity index (χ0) is 12.0. The van der Waals surface area contributed by atoms with Crippen molar-refractivity contribution in [1.82, 2.24) is 4.98 Å².